The molecule has 5 nitrogen and oxygen atoms in total. The summed E-state index contributed by atoms with van der Waals surface area (Å²) in [5.41, 5.74) is 8.80. The Morgan fingerprint density at radius 1 is 1.53 bits per heavy atom. The number of carbonyl (C=O) groups excluding carboxylic acids is 1. The number of hydrogen-bond acceptors (Lipinski definition) is 3. The fourth-order valence-corrected chi connectivity index (χ4v) is 1.91. The molecule has 4 N–H and O–H groups in total. The fraction of sp³-hybridized carbons (Fsp3) is 0.429. The second-order valence-electron chi connectivity index (χ2n) is 4.88. The molecule has 1 amide bonds. The number of amides is 1. The van der Waals surface area contributed by atoms with Gasteiger partial charge in [0.05, 0.1) is 23.4 Å². The summed E-state index contributed by atoms with van der Waals surface area (Å²) >= 11 is 0. The molecule has 1 aromatic carbocycles. The van der Waals surface area contributed by atoms with Gasteiger partial charge in [-0.05, 0) is 23.6 Å². The van der Waals surface area contributed by atoms with Crippen molar-refractivity contribution < 1.29 is 4.79 Å². The van der Waals surface area contributed by atoms with Gasteiger partial charge in [-0.25, -0.2) is 4.98 Å². The number of rotatable bonds is 5. The first-order valence-electron chi connectivity index (χ1n) is 6.57. The standard InChI is InChI=1S/C14H20N4O/c1-3-9(2)13(15)14(19)16-7-10-4-5-11-12(6-10)18-8-17-11/h4-6,8-9,13H,3,7,15H2,1-2H3,(H,16,19)(H,17,18)/t9?,13-/m0/s1. The zero-order chi connectivity index (χ0) is 13.8. The van der Waals surface area contributed by atoms with Crippen LogP contribution in [0.3, 0.4) is 0 Å². The highest BCUT2D eigenvalue weighted by Gasteiger charge is 2.18. The zero-order valence-corrected chi connectivity index (χ0v) is 11.3. The van der Waals surface area contributed by atoms with Crippen LogP contribution in [-0.4, -0.2) is 21.9 Å². The Labute approximate surface area is 112 Å². The summed E-state index contributed by atoms with van der Waals surface area (Å²) < 4.78 is 0. The van der Waals surface area contributed by atoms with Crippen LogP contribution in [0.15, 0.2) is 24.5 Å². The van der Waals surface area contributed by atoms with Gasteiger partial charge in [0, 0.05) is 6.54 Å². The van der Waals surface area contributed by atoms with Crippen LogP contribution < -0.4 is 11.1 Å². The van der Waals surface area contributed by atoms with E-state index in [1.807, 2.05) is 32.0 Å². The van der Waals surface area contributed by atoms with Crippen LogP contribution in [0.4, 0.5) is 0 Å². The van der Waals surface area contributed by atoms with E-state index < -0.39 is 6.04 Å². The van der Waals surface area contributed by atoms with E-state index in [9.17, 15) is 4.79 Å². The highest BCUT2D eigenvalue weighted by atomic mass is 16.2. The molecule has 1 aromatic heterocycles. The average Bonchev–Trinajstić information content (AvgIpc) is 2.90. The maximum atomic E-state index is 11.9. The number of fused-ring (bicyclic) bond motifs is 1. The van der Waals surface area contributed by atoms with E-state index in [0.717, 1.165) is 23.0 Å². The number of H-pyrrole nitrogens is 1. The zero-order valence-electron chi connectivity index (χ0n) is 11.3. The van der Waals surface area contributed by atoms with Crippen LogP contribution in [0.5, 0.6) is 0 Å². The molecule has 2 rings (SSSR count). The second-order valence-corrected chi connectivity index (χ2v) is 4.88. The van der Waals surface area contributed by atoms with E-state index in [2.05, 4.69) is 15.3 Å². The van der Waals surface area contributed by atoms with E-state index >= 15 is 0 Å². The summed E-state index contributed by atoms with van der Waals surface area (Å²) in [6, 6.07) is 5.43. The molecule has 1 heterocycles. The maximum Gasteiger partial charge on any atom is 0.237 e. The summed E-state index contributed by atoms with van der Waals surface area (Å²) in [4.78, 5) is 19.1. The fourth-order valence-electron chi connectivity index (χ4n) is 1.91. The van der Waals surface area contributed by atoms with E-state index in [-0.39, 0.29) is 11.8 Å². The molecule has 0 fully saturated rings. The van der Waals surface area contributed by atoms with Crippen LogP contribution in [0.25, 0.3) is 11.0 Å². The number of nitrogens with zero attached hydrogens (tertiary/aromatic N) is 1. The predicted octanol–water partition coefficient (Wildman–Crippen LogP) is 1.55. The minimum atomic E-state index is -0.444. The molecule has 0 saturated heterocycles. The topological polar surface area (TPSA) is 83.8 Å². The van der Waals surface area contributed by atoms with Crippen LogP contribution in [-0.2, 0) is 11.3 Å². The van der Waals surface area contributed by atoms with Gasteiger partial charge >= 0.3 is 0 Å². The van der Waals surface area contributed by atoms with Crippen molar-refractivity contribution in [3.05, 3.63) is 30.1 Å². The lowest BCUT2D eigenvalue weighted by Gasteiger charge is -2.17. The number of benzene rings is 1. The number of hydrogen-bond donors (Lipinski definition) is 3. The summed E-state index contributed by atoms with van der Waals surface area (Å²) in [5.74, 6) is 0.0918. The lowest BCUT2D eigenvalue weighted by atomic mass is 9.99. The molecule has 102 valence electrons. The van der Waals surface area contributed by atoms with Crippen molar-refractivity contribution in [3.63, 3.8) is 0 Å². The smallest absolute Gasteiger partial charge is 0.237 e. The Morgan fingerprint density at radius 2 is 2.32 bits per heavy atom. The van der Waals surface area contributed by atoms with Crippen molar-refractivity contribution in [2.24, 2.45) is 11.7 Å². The number of carbonyl (C=O) groups is 1. The quantitative estimate of drug-likeness (QED) is 0.762. The van der Waals surface area contributed by atoms with Crippen molar-refractivity contribution in [1.82, 2.24) is 15.3 Å². The largest absolute Gasteiger partial charge is 0.351 e. The van der Waals surface area contributed by atoms with Crippen LogP contribution >= 0.6 is 0 Å². The van der Waals surface area contributed by atoms with Crippen molar-refractivity contribution in [1.29, 1.82) is 0 Å². The highest BCUT2D eigenvalue weighted by molar-refractivity contribution is 5.82. The number of aromatic amines is 1. The molecule has 0 aliphatic rings. The van der Waals surface area contributed by atoms with Gasteiger partial charge < -0.3 is 16.0 Å². The van der Waals surface area contributed by atoms with Crippen molar-refractivity contribution in [2.75, 3.05) is 0 Å². The Bertz CT molecular complexity index is 563. The SMILES string of the molecule is CCC(C)[C@H](N)C(=O)NCc1ccc2nc[nH]c2c1. The van der Waals surface area contributed by atoms with Crippen LogP contribution in [0.1, 0.15) is 25.8 Å². The van der Waals surface area contributed by atoms with E-state index in [0.29, 0.717) is 6.54 Å². The second kappa shape index (κ2) is 5.84. The van der Waals surface area contributed by atoms with Crippen LogP contribution in [0, 0.1) is 5.92 Å². The number of aromatic nitrogens is 2. The summed E-state index contributed by atoms with van der Waals surface area (Å²) in [7, 11) is 0. The van der Waals surface area contributed by atoms with Crippen LogP contribution in [0.2, 0.25) is 0 Å². The van der Waals surface area contributed by atoms with E-state index in [1.165, 1.54) is 0 Å². The normalized spacial score (nSPS) is 14.3. The first kappa shape index (κ1) is 13.5. The Hall–Kier alpha value is -1.88. The highest BCUT2D eigenvalue weighted by Crippen LogP contribution is 2.11. The molecule has 0 radical (unpaired) electrons. The lowest BCUT2D eigenvalue weighted by molar-refractivity contribution is -0.123. The van der Waals surface area contributed by atoms with E-state index in [4.69, 9.17) is 5.73 Å². The van der Waals surface area contributed by atoms with Gasteiger partial charge in [-0.15, -0.1) is 0 Å². The first-order valence-corrected chi connectivity index (χ1v) is 6.57. The predicted molar refractivity (Wildman–Crippen MR) is 75.4 cm³/mol. The van der Waals surface area contributed by atoms with Crippen molar-refractivity contribution in [3.8, 4) is 0 Å². The number of imidazole rings is 1. The van der Waals surface area contributed by atoms with E-state index in [1.54, 1.807) is 6.33 Å². The third kappa shape index (κ3) is 3.12. The molecule has 5 heteroatoms. The number of nitrogens with two attached hydrogens (primary N) is 1. The minimum absolute atomic E-state index is 0.0981. The Kier molecular flexibility index (Phi) is 4.16. The molecule has 0 saturated carbocycles. The Balaban J connectivity index is 1.96. The molecule has 2 atom stereocenters. The summed E-state index contributed by atoms with van der Waals surface area (Å²) in [6.45, 7) is 4.50. The molecule has 1 unspecified atom stereocenters. The van der Waals surface area contributed by atoms with Gasteiger partial charge in [-0.1, -0.05) is 26.3 Å². The molecule has 0 aliphatic heterocycles. The first-order chi connectivity index (χ1) is 9.11. The summed E-state index contributed by atoms with van der Waals surface area (Å²) in [6.07, 6.45) is 2.56. The van der Waals surface area contributed by atoms with Gasteiger partial charge in [-0.2, -0.15) is 0 Å². The third-order valence-electron chi connectivity index (χ3n) is 3.51. The molecule has 0 spiro atoms. The maximum absolute atomic E-state index is 11.9. The average molecular weight is 260 g/mol. The van der Waals surface area contributed by atoms with Gasteiger partial charge in [-0.3, -0.25) is 4.79 Å². The van der Waals surface area contributed by atoms with Crippen molar-refractivity contribution >= 4 is 16.9 Å². The third-order valence-corrected chi connectivity index (χ3v) is 3.51. The van der Waals surface area contributed by atoms with Crippen molar-refractivity contribution in [2.45, 2.75) is 32.9 Å². The molecule has 0 bridgehead atoms. The van der Waals surface area contributed by atoms with Gasteiger partial charge in [0.25, 0.3) is 0 Å². The Morgan fingerprint density at radius 3 is 3.05 bits per heavy atom. The monoisotopic (exact) mass is 260 g/mol. The molecular weight excluding hydrogens is 240 g/mol. The minimum Gasteiger partial charge on any atom is -0.351 e. The van der Waals surface area contributed by atoms with Gasteiger partial charge in [0.15, 0.2) is 0 Å². The van der Waals surface area contributed by atoms with Gasteiger partial charge in [0.1, 0.15) is 0 Å². The molecular formula is C14H20N4O. The molecule has 19 heavy (non-hydrogen) atoms. The number of nitrogens with one attached hydrogen (secondary N) is 2. The molecule has 2 aromatic rings. The van der Waals surface area contributed by atoms with Gasteiger partial charge in [0.2, 0.25) is 5.91 Å². The summed E-state index contributed by atoms with van der Waals surface area (Å²) in [5, 5.41) is 2.87. The lowest BCUT2D eigenvalue weighted by Crippen LogP contribution is -2.44. The molecule has 0 aliphatic carbocycles.